The molecule has 0 saturated carbocycles. The highest BCUT2D eigenvalue weighted by Gasteiger charge is 2.12. The summed E-state index contributed by atoms with van der Waals surface area (Å²) in [5.74, 6) is 0. The number of hydrogen-bond acceptors (Lipinski definition) is 5. The van der Waals surface area contributed by atoms with E-state index >= 15 is 0 Å². The van der Waals surface area contributed by atoms with Gasteiger partial charge in [-0.25, -0.2) is 9.97 Å². The van der Waals surface area contributed by atoms with E-state index < -0.39 is 0 Å². The summed E-state index contributed by atoms with van der Waals surface area (Å²) in [6, 6.07) is 3.78. The quantitative estimate of drug-likeness (QED) is 0.571. The molecule has 5 nitrogen and oxygen atoms in total. The van der Waals surface area contributed by atoms with E-state index in [9.17, 15) is 0 Å². The van der Waals surface area contributed by atoms with E-state index in [4.69, 9.17) is 11.6 Å². The molecule has 0 aromatic carbocycles. The fourth-order valence-electron chi connectivity index (χ4n) is 1.40. The highest BCUT2D eigenvalue weighted by Crippen LogP contribution is 2.34. The normalized spacial score (nSPS) is 11.0. The van der Waals surface area contributed by atoms with Crippen LogP contribution in [0.5, 0.6) is 0 Å². The lowest BCUT2D eigenvalue weighted by molar-refractivity contribution is 1.06. The Bertz CT molecular complexity index is 716. The Hall–Kier alpha value is -1.18. The van der Waals surface area contributed by atoms with Gasteiger partial charge >= 0.3 is 0 Å². The maximum Gasteiger partial charge on any atom is 0.225 e. The molecule has 3 rings (SSSR count). The molecule has 0 saturated heterocycles. The SMILES string of the molecule is Clc1nc(Sc2ncccc2Br)c2cn[nH]c2n1. The third kappa shape index (κ3) is 2.21. The molecule has 0 bridgehead atoms. The number of nitrogens with one attached hydrogen (secondary N) is 1. The van der Waals surface area contributed by atoms with Crippen LogP contribution in [-0.4, -0.2) is 25.1 Å². The van der Waals surface area contributed by atoms with Crippen LogP contribution in [0.15, 0.2) is 39.1 Å². The number of aromatic nitrogens is 5. The monoisotopic (exact) mass is 341 g/mol. The van der Waals surface area contributed by atoms with Gasteiger partial charge in [0.2, 0.25) is 5.28 Å². The third-order valence-electron chi connectivity index (χ3n) is 2.17. The molecule has 0 aliphatic rings. The summed E-state index contributed by atoms with van der Waals surface area (Å²) in [7, 11) is 0. The first-order chi connectivity index (χ1) is 8.74. The first kappa shape index (κ1) is 11.9. The molecule has 0 radical (unpaired) electrons. The van der Waals surface area contributed by atoms with E-state index in [2.05, 4.69) is 41.1 Å². The van der Waals surface area contributed by atoms with Crippen molar-refractivity contribution in [1.29, 1.82) is 0 Å². The van der Waals surface area contributed by atoms with E-state index in [-0.39, 0.29) is 5.28 Å². The second-order valence-corrected chi connectivity index (χ2v) is 5.49. The lowest BCUT2D eigenvalue weighted by atomic mass is 10.4. The predicted molar refractivity (Wildman–Crippen MR) is 72.8 cm³/mol. The van der Waals surface area contributed by atoms with Crippen LogP contribution in [0.2, 0.25) is 5.28 Å². The number of rotatable bonds is 2. The van der Waals surface area contributed by atoms with Crippen molar-refractivity contribution in [3.8, 4) is 0 Å². The van der Waals surface area contributed by atoms with E-state index in [1.54, 1.807) is 12.4 Å². The number of fused-ring (bicyclic) bond motifs is 1. The Balaban J connectivity index is 2.10. The molecule has 0 fully saturated rings. The van der Waals surface area contributed by atoms with Crippen LogP contribution in [0.3, 0.4) is 0 Å². The zero-order valence-corrected chi connectivity index (χ0v) is 11.9. The standard InChI is InChI=1S/C10H5BrClN5S/c11-6-2-1-3-13-9(6)18-8-5-4-14-17-7(5)15-10(12)16-8/h1-4H,(H,14,15,16,17). The van der Waals surface area contributed by atoms with E-state index in [1.807, 2.05) is 12.1 Å². The molecule has 0 aliphatic carbocycles. The second-order valence-electron chi connectivity index (χ2n) is 3.32. The van der Waals surface area contributed by atoms with E-state index in [0.29, 0.717) is 5.65 Å². The van der Waals surface area contributed by atoms with Crippen molar-refractivity contribution in [1.82, 2.24) is 25.1 Å². The number of halogens is 2. The highest BCUT2D eigenvalue weighted by molar-refractivity contribution is 9.10. The summed E-state index contributed by atoms with van der Waals surface area (Å²) in [6.45, 7) is 0. The maximum atomic E-state index is 5.87. The molecule has 90 valence electrons. The number of aromatic amines is 1. The van der Waals surface area contributed by atoms with Crippen molar-refractivity contribution in [2.24, 2.45) is 0 Å². The smallest absolute Gasteiger partial charge is 0.225 e. The maximum absolute atomic E-state index is 5.87. The van der Waals surface area contributed by atoms with E-state index in [1.165, 1.54) is 11.8 Å². The average molecular weight is 343 g/mol. The van der Waals surface area contributed by atoms with Gasteiger partial charge in [0.15, 0.2) is 5.65 Å². The summed E-state index contributed by atoms with van der Waals surface area (Å²) in [5.41, 5.74) is 0.615. The summed E-state index contributed by atoms with van der Waals surface area (Å²) in [4.78, 5) is 12.5. The number of H-pyrrole nitrogens is 1. The van der Waals surface area contributed by atoms with Gasteiger partial charge in [-0.1, -0.05) is 0 Å². The lowest BCUT2D eigenvalue weighted by Gasteiger charge is -2.03. The van der Waals surface area contributed by atoms with Crippen molar-refractivity contribution in [2.45, 2.75) is 10.1 Å². The first-order valence-corrected chi connectivity index (χ1v) is 6.88. The van der Waals surface area contributed by atoms with Crippen LogP contribution < -0.4 is 0 Å². The Labute approximate surface area is 120 Å². The van der Waals surface area contributed by atoms with Gasteiger partial charge in [0.05, 0.1) is 16.1 Å². The number of hydrogen-bond donors (Lipinski definition) is 1. The summed E-state index contributed by atoms with van der Waals surface area (Å²) in [6.07, 6.45) is 3.40. The molecule has 0 spiro atoms. The molecule has 18 heavy (non-hydrogen) atoms. The minimum absolute atomic E-state index is 0.182. The Morgan fingerprint density at radius 2 is 2.17 bits per heavy atom. The van der Waals surface area contributed by atoms with Gasteiger partial charge in [0.25, 0.3) is 0 Å². The second kappa shape index (κ2) is 4.83. The molecular formula is C10H5BrClN5S. The minimum atomic E-state index is 0.182. The van der Waals surface area contributed by atoms with Crippen LogP contribution >= 0.6 is 39.3 Å². The molecule has 3 heterocycles. The van der Waals surface area contributed by atoms with Crippen molar-refractivity contribution >= 4 is 50.3 Å². The molecule has 3 aromatic rings. The molecule has 1 N–H and O–H groups in total. The highest BCUT2D eigenvalue weighted by atomic mass is 79.9. The molecule has 0 amide bonds. The van der Waals surface area contributed by atoms with Crippen LogP contribution in [0.25, 0.3) is 11.0 Å². The van der Waals surface area contributed by atoms with Crippen LogP contribution in [0.4, 0.5) is 0 Å². The molecule has 3 aromatic heterocycles. The zero-order valence-electron chi connectivity index (χ0n) is 8.76. The van der Waals surface area contributed by atoms with Crippen molar-refractivity contribution < 1.29 is 0 Å². The van der Waals surface area contributed by atoms with Crippen molar-refractivity contribution in [3.05, 3.63) is 34.3 Å². The van der Waals surface area contributed by atoms with Gasteiger partial charge in [0, 0.05) is 6.20 Å². The number of pyridine rings is 1. The Morgan fingerprint density at radius 1 is 1.28 bits per heavy atom. The predicted octanol–water partition coefficient (Wildman–Crippen LogP) is 3.32. The van der Waals surface area contributed by atoms with Crippen LogP contribution in [0.1, 0.15) is 0 Å². The molecule has 0 unspecified atom stereocenters. The molecular weight excluding hydrogens is 338 g/mol. The van der Waals surface area contributed by atoms with Gasteiger partial charge < -0.3 is 0 Å². The lowest BCUT2D eigenvalue weighted by Crippen LogP contribution is -1.89. The fraction of sp³-hybridized carbons (Fsp3) is 0. The molecule has 8 heteroatoms. The third-order valence-corrected chi connectivity index (χ3v) is 4.26. The van der Waals surface area contributed by atoms with Crippen molar-refractivity contribution in [2.75, 3.05) is 0 Å². The topological polar surface area (TPSA) is 67.3 Å². The van der Waals surface area contributed by atoms with Crippen LogP contribution in [0, 0.1) is 0 Å². The van der Waals surface area contributed by atoms with E-state index in [0.717, 1.165) is 19.9 Å². The van der Waals surface area contributed by atoms with Crippen LogP contribution in [-0.2, 0) is 0 Å². The van der Waals surface area contributed by atoms with Gasteiger partial charge in [-0.15, -0.1) is 0 Å². The van der Waals surface area contributed by atoms with Crippen molar-refractivity contribution in [3.63, 3.8) is 0 Å². The van der Waals surface area contributed by atoms with Gasteiger partial charge in [-0.2, -0.15) is 10.1 Å². The molecule has 0 atom stereocenters. The summed E-state index contributed by atoms with van der Waals surface area (Å²) in [5, 5.41) is 9.24. The van der Waals surface area contributed by atoms with Gasteiger partial charge in [0.1, 0.15) is 10.1 Å². The summed E-state index contributed by atoms with van der Waals surface area (Å²) < 4.78 is 0.904. The van der Waals surface area contributed by atoms with Gasteiger partial charge in [-0.3, -0.25) is 5.10 Å². The Kier molecular flexibility index (Phi) is 3.19. The Morgan fingerprint density at radius 3 is 3.00 bits per heavy atom. The van der Waals surface area contributed by atoms with Gasteiger partial charge in [-0.05, 0) is 51.4 Å². The molecule has 0 aliphatic heterocycles. The minimum Gasteiger partial charge on any atom is -0.261 e. The largest absolute Gasteiger partial charge is 0.261 e. The number of nitrogens with zero attached hydrogens (tertiary/aromatic N) is 4. The summed E-state index contributed by atoms with van der Waals surface area (Å²) >= 11 is 10.7. The average Bonchev–Trinajstić information content (AvgIpc) is 2.80. The zero-order chi connectivity index (χ0) is 12.5. The fourth-order valence-corrected chi connectivity index (χ4v) is 2.97. The first-order valence-electron chi connectivity index (χ1n) is 4.89.